The van der Waals surface area contributed by atoms with Crippen molar-refractivity contribution in [3.63, 3.8) is 0 Å². The fraction of sp³-hybridized carbons (Fsp3) is 0.278. The number of amides is 1. The van der Waals surface area contributed by atoms with Crippen molar-refractivity contribution in [2.45, 2.75) is 19.9 Å². The Labute approximate surface area is 145 Å². The van der Waals surface area contributed by atoms with E-state index in [-0.39, 0.29) is 22.9 Å². The average molecular weight is 338 g/mol. The van der Waals surface area contributed by atoms with Gasteiger partial charge in [0, 0.05) is 31.9 Å². The zero-order valence-corrected chi connectivity index (χ0v) is 14.1. The lowest BCUT2D eigenvalue weighted by Gasteiger charge is -2.28. The number of rotatable bonds is 2. The number of ether oxygens (including phenoxy) is 1. The van der Waals surface area contributed by atoms with E-state index >= 15 is 0 Å². The highest BCUT2D eigenvalue weighted by atomic mass is 16.5. The number of hydrogen-bond acceptors (Lipinski definition) is 5. The van der Waals surface area contributed by atoms with E-state index in [9.17, 15) is 14.9 Å². The Kier molecular flexibility index (Phi) is 4.19. The third-order valence-corrected chi connectivity index (χ3v) is 4.47. The summed E-state index contributed by atoms with van der Waals surface area (Å²) in [5.41, 5.74) is 9.24. The first-order valence-corrected chi connectivity index (χ1v) is 7.83. The Hall–Kier alpha value is -3.27. The first-order chi connectivity index (χ1) is 12.0. The van der Waals surface area contributed by atoms with E-state index in [1.165, 1.54) is 18.9 Å². The van der Waals surface area contributed by atoms with Crippen LogP contribution in [0.3, 0.4) is 0 Å². The minimum absolute atomic E-state index is 0.0308. The number of fused-ring (bicyclic) bond motifs is 1. The molecule has 1 aliphatic heterocycles. The van der Waals surface area contributed by atoms with Gasteiger partial charge in [0.15, 0.2) is 5.69 Å². The van der Waals surface area contributed by atoms with Gasteiger partial charge in [-0.1, -0.05) is 6.07 Å². The Morgan fingerprint density at radius 1 is 1.32 bits per heavy atom. The van der Waals surface area contributed by atoms with Crippen molar-refractivity contribution in [3.05, 3.63) is 46.8 Å². The van der Waals surface area contributed by atoms with E-state index in [1.807, 2.05) is 24.3 Å². The third kappa shape index (κ3) is 2.83. The second-order valence-corrected chi connectivity index (χ2v) is 5.92. The van der Waals surface area contributed by atoms with Gasteiger partial charge in [-0.15, -0.1) is 0 Å². The number of nitriles is 1. The van der Waals surface area contributed by atoms with Crippen molar-refractivity contribution >= 4 is 17.6 Å². The number of methoxy groups -OCH3 is 1. The average Bonchev–Trinajstić information content (AvgIpc) is 2.96. The number of aromatic nitrogens is 1. The van der Waals surface area contributed by atoms with E-state index in [0.29, 0.717) is 18.8 Å². The van der Waals surface area contributed by atoms with Crippen LogP contribution in [0.15, 0.2) is 24.4 Å². The number of nitrogens with two attached hydrogens (primary N) is 1. The molecule has 0 radical (unpaired) electrons. The molecule has 2 aromatic rings. The lowest BCUT2D eigenvalue weighted by molar-refractivity contribution is -0.129. The van der Waals surface area contributed by atoms with Crippen molar-refractivity contribution in [3.8, 4) is 11.8 Å². The number of anilines is 1. The van der Waals surface area contributed by atoms with Gasteiger partial charge in [0.2, 0.25) is 5.91 Å². The molecule has 0 saturated heterocycles. The van der Waals surface area contributed by atoms with E-state index in [1.54, 1.807) is 16.4 Å². The molecule has 1 amide bonds. The van der Waals surface area contributed by atoms with Crippen molar-refractivity contribution in [2.24, 2.45) is 0 Å². The second-order valence-electron chi connectivity index (χ2n) is 5.92. The number of nitrogens with zero attached hydrogens (tertiary/aromatic N) is 3. The van der Waals surface area contributed by atoms with Crippen LogP contribution in [0.25, 0.3) is 5.69 Å². The van der Waals surface area contributed by atoms with Gasteiger partial charge in [-0.3, -0.25) is 4.79 Å². The number of carbonyl (C=O) groups excluding carboxylic acids is 2. The van der Waals surface area contributed by atoms with Gasteiger partial charge >= 0.3 is 5.97 Å². The molecule has 2 N–H and O–H groups in total. The number of nitrogen functional groups attached to an aromatic ring is 1. The fourth-order valence-electron chi connectivity index (χ4n) is 3.08. The van der Waals surface area contributed by atoms with Crippen LogP contribution in [0.4, 0.5) is 5.69 Å². The molecule has 2 heterocycles. The maximum atomic E-state index is 12.1. The summed E-state index contributed by atoms with van der Waals surface area (Å²) in [4.78, 5) is 25.5. The minimum atomic E-state index is -0.609. The third-order valence-electron chi connectivity index (χ3n) is 4.47. The Bertz CT molecular complexity index is 908. The monoisotopic (exact) mass is 338 g/mol. The summed E-state index contributed by atoms with van der Waals surface area (Å²) in [6.45, 7) is 2.77. The van der Waals surface area contributed by atoms with Gasteiger partial charge in [0.25, 0.3) is 0 Å². The standard InChI is InChI=1S/C18H18N4O3/c1-11(23)21-6-5-12-3-4-15(7-13(12)9-21)22-10-14(8-19)16(20)17(22)18(24)25-2/h3-4,7,10H,5-6,9,20H2,1-2H3. The first-order valence-electron chi connectivity index (χ1n) is 7.83. The molecular weight excluding hydrogens is 320 g/mol. The number of carbonyl (C=O) groups is 2. The molecule has 1 aliphatic rings. The van der Waals surface area contributed by atoms with Crippen molar-refractivity contribution in [1.29, 1.82) is 5.26 Å². The van der Waals surface area contributed by atoms with Crippen molar-refractivity contribution < 1.29 is 14.3 Å². The van der Waals surface area contributed by atoms with Gasteiger partial charge in [-0.25, -0.2) is 4.79 Å². The van der Waals surface area contributed by atoms with Crippen LogP contribution in [0, 0.1) is 11.3 Å². The number of benzene rings is 1. The molecule has 7 nitrogen and oxygen atoms in total. The normalized spacial score (nSPS) is 13.1. The molecule has 7 heteroatoms. The Morgan fingerprint density at radius 3 is 2.72 bits per heavy atom. The fourth-order valence-corrected chi connectivity index (χ4v) is 3.08. The summed E-state index contributed by atoms with van der Waals surface area (Å²) >= 11 is 0. The summed E-state index contributed by atoms with van der Waals surface area (Å²) in [5.74, 6) is -0.578. The van der Waals surface area contributed by atoms with Crippen LogP contribution >= 0.6 is 0 Å². The van der Waals surface area contributed by atoms with Gasteiger partial charge in [-0.2, -0.15) is 5.26 Å². The molecule has 0 saturated carbocycles. The van der Waals surface area contributed by atoms with E-state index < -0.39 is 5.97 Å². The lowest BCUT2D eigenvalue weighted by atomic mass is 9.99. The summed E-state index contributed by atoms with van der Waals surface area (Å²) < 4.78 is 6.36. The topological polar surface area (TPSA) is 101 Å². The highest BCUT2D eigenvalue weighted by Crippen LogP contribution is 2.27. The molecule has 25 heavy (non-hydrogen) atoms. The maximum Gasteiger partial charge on any atom is 0.357 e. The molecular formula is C18H18N4O3. The molecule has 0 fully saturated rings. The second kappa shape index (κ2) is 6.32. The minimum Gasteiger partial charge on any atom is -0.464 e. The molecule has 1 aromatic heterocycles. The Morgan fingerprint density at radius 2 is 2.08 bits per heavy atom. The smallest absolute Gasteiger partial charge is 0.357 e. The predicted molar refractivity (Wildman–Crippen MR) is 91.0 cm³/mol. The first kappa shape index (κ1) is 16.6. The van der Waals surface area contributed by atoms with Gasteiger partial charge in [0.1, 0.15) is 6.07 Å². The van der Waals surface area contributed by atoms with Crippen LogP contribution in [0.1, 0.15) is 34.1 Å². The molecule has 0 unspecified atom stereocenters. The highest BCUT2D eigenvalue weighted by Gasteiger charge is 2.23. The Balaban J connectivity index is 2.10. The molecule has 0 spiro atoms. The van der Waals surface area contributed by atoms with Crippen molar-refractivity contribution in [1.82, 2.24) is 9.47 Å². The number of hydrogen-bond donors (Lipinski definition) is 1. The van der Waals surface area contributed by atoms with Crippen LogP contribution in [0.2, 0.25) is 0 Å². The predicted octanol–water partition coefficient (Wildman–Crippen LogP) is 1.62. The van der Waals surface area contributed by atoms with Crippen LogP contribution in [-0.4, -0.2) is 35.0 Å². The van der Waals surface area contributed by atoms with Crippen molar-refractivity contribution in [2.75, 3.05) is 19.4 Å². The molecule has 0 atom stereocenters. The SMILES string of the molecule is COC(=O)c1c(N)c(C#N)cn1-c1ccc2c(c1)CN(C(C)=O)CC2. The highest BCUT2D eigenvalue weighted by molar-refractivity contribution is 5.96. The number of esters is 1. The molecule has 0 bridgehead atoms. The van der Waals surface area contributed by atoms with Gasteiger partial charge in [-0.05, 0) is 29.7 Å². The van der Waals surface area contributed by atoms with Crippen LogP contribution in [-0.2, 0) is 22.5 Å². The largest absolute Gasteiger partial charge is 0.464 e. The van der Waals surface area contributed by atoms with Crippen LogP contribution < -0.4 is 5.73 Å². The van der Waals surface area contributed by atoms with Crippen LogP contribution in [0.5, 0.6) is 0 Å². The molecule has 128 valence electrons. The summed E-state index contributed by atoms with van der Waals surface area (Å²) in [7, 11) is 1.27. The van der Waals surface area contributed by atoms with Gasteiger partial charge < -0.3 is 19.9 Å². The summed E-state index contributed by atoms with van der Waals surface area (Å²) in [5, 5.41) is 9.21. The zero-order chi connectivity index (χ0) is 18.1. The maximum absolute atomic E-state index is 12.1. The molecule has 3 rings (SSSR count). The lowest BCUT2D eigenvalue weighted by Crippen LogP contribution is -2.34. The molecule has 1 aromatic carbocycles. The summed E-state index contributed by atoms with van der Waals surface area (Å²) in [6, 6.07) is 7.74. The van der Waals surface area contributed by atoms with Gasteiger partial charge in [0.05, 0.1) is 18.4 Å². The molecule has 0 aliphatic carbocycles. The van der Waals surface area contributed by atoms with E-state index in [0.717, 1.165) is 12.0 Å². The zero-order valence-electron chi connectivity index (χ0n) is 14.1. The van der Waals surface area contributed by atoms with E-state index in [4.69, 9.17) is 10.5 Å². The quantitative estimate of drug-likeness (QED) is 0.839. The summed E-state index contributed by atoms with van der Waals surface area (Å²) in [6.07, 6.45) is 2.31. The van der Waals surface area contributed by atoms with E-state index in [2.05, 4.69) is 0 Å².